The molecule has 4 amide bonds. The van der Waals surface area contributed by atoms with Gasteiger partial charge in [0.25, 0.3) is 25.9 Å². The van der Waals surface area contributed by atoms with Crippen molar-refractivity contribution in [2.45, 2.75) is 224 Å². The molecule has 0 aromatic heterocycles. The Morgan fingerprint density at radius 2 is 1.45 bits per heavy atom. The van der Waals surface area contributed by atoms with Crippen LogP contribution in [0.25, 0.3) is 0 Å². The lowest BCUT2D eigenvalue weighted by Gasteiger charge is -2.43. The van der Waals surface area contributed by atoms with Crippen LogP contribution in [0, 0.1) is 35.5 Å². The smallest absolute Gasteiger partial charge is 0.329 e. The summed E-state index contributed by atoms with van der Waals surface area (Å²) >= 11 is 0. The number of benzene rings is 2. The van der Waals surface area contributed by atoms with Crippen molar-refractivity contribution in [3.05, 3.63) is 108 Å². The van der Waals surface area contributed by atoms with Gasteiger partial charge in [-0.1, -0.05) is 153 Å². The number of aliphatic hydroxyl groups excluding tert-OH is 2. The number of carbonyl (C=O) groups excluding carboxylic acids is 7. The number of urea groups is 1. The van der Waals surface area contributed by atoms with Crippen LogP contribution < -0.4 is 10.4 Å². The molecule has 1 saturated carbocycles. The minimum absolute atomic E-state index is 0.0206. The zero-order valence-corrected chi connectivity index (χ0v) is 58.5. The number of hydrogen-bond acceptors (Lipinski definition) is 16. The number of rotatable bonds is 13. The van der Waals surface area contributed by atoms with Gasteiger partial charge in [-0.3, -0.25) is 28.9 Å². The molecule has 0 radical (unpaired) electrons. The number of nitrogens with zero attached hydrogens (tertiary/aromatic N) is 3. The van der Waals surface area contributed by atoms with Crippen molar-refractivity contribution in [2.24, 2.45) is 35.5 Å². The summed E-state index contributed by atoms with van der Waals surface area (Å²) in [6, 6.07) is 17.9. The molecule has 8 rings (SSSR count). The third-order valence-electron chi connectivity index (χ3n) is 20.9. The van der Waals surface area contributed by atoms with Crippen molar-refractivity contribution in [2.75, 3.05) is 40.5 Å². The molecule has 20 heteroatoms. The van der Waals surface area contributed by atoms with Crippen LogP contribution in [0.2, 0.25) is 5.04 Å². The highest BCUT2D eigenvalue weighted by Gasteiger charge is 2.56. The van der Waals surface area contributed by atoms with Crippen molar-refractivity contribution in [3.63, 3.8) is 0 Å². The highest BCUT2D eigenvalue weighted by Crippen LogP contribution is 2.41. The minimum Gasteiger partial charge on any atom is -0.460 e. The molecule has 1 unspecified atom stereocenters. The van der Waals surface area contributed by atoms with E-state index in [0.717, 1.165) is 15.9 Å². The van der Waals surface area contributed by atoms with Gasteiger partial charge >= 0.3 is 12.0 Å². The molecule has 3 N–H and O–H groups in total. The maximum Gasteiger partial charge on any atom is 0.329 e. The molecule has 94 heavy (non-hydrogen) atoms. The normalized spacial score (nSPS) is 35.0. The molecule has 5 heterocycles. The van der Waals surface area contributed by atoms with Gasteiger partial charge in [-0.25, -0.2) is 9.59 Å². The van der Waals surface area contributed by atoms with Gasteiger partial charge in [0.1, 0.15) is 36.2 Å². The van der Waals surface area contributed by atoms with Crippen LogP contribution in [0.3, 0.4) is 0 Å². The zero-order valence-electron chi connectivity index (χ0n) is 57.5. The highest BCUT2D eigenvalue weighted by atomic mass is 28.4. The van der Waals surface area contributed by atoms with Crippen LogP contribution in [0.15, 0.2) is 108 Å². The predicted octanol–water partition coefficient (Wildman–Crippen LogP) is 8.53. The van der Waals surface area contributed by atoms with Gasteiger partial charge in [-0.05, 0) is 122 Å². The molecule has 19 nitrogen and oxygen atoms in total. The van der Waals surface area contributed by atoms with E-state index in [1.165, 1.54) is 16.9 Å². The molecule has 1 aliphatic carbocycles. The van der Waals surface area contributed by atoms with E-state index in [4.69, 9.17) is 28.1 Å². The van der Waals surface area contributed by atoms with Crippen molar-refractivity contribution >= 4 is 59.9 Å². The lowest BCUT2D eigenvalue weighted by atomic mass is 9.78. The number of methoxy groups -OCH3 is 2. The molecule has 6 aliphatic rings. The predicted molar refractivity (Wildman–Crippen MR) is 359 cm³/mol. The summed E-state index contributed by atoms with van der Waals surface area (Å²) in [6.45, 7) is 19.4. The van der Waals surface area contributed by atoms with Crippen LogP contribution in [0.1, 0.15) is 153 Å². The third-order valence-corrected chi connectivity index (χ3v) is 25.9. The Morgan fingerprint density at radius 1 is 0.766 bits per heavy atom. The second-order valence-corrected chi connectivity index (χ2v) is 33.1. The molecule has 2 aromatic rings. The molecule has 0 spiro atoms. The Hall–Kier alpha value is -5.81. The fraction of sp³-hybridized carbons (Fsp3) is 0.635. The van der Waals surface area contributed by atoms with E-state index in [1.54, 1.807) is 45.8 Å². The van der Waals surface area contributed by atoms with Gasteiger partial charge in [0.15, 0.2) is 5.78 Å². The quantitative estimate of drug-likeness (QED) is 0.0559. The monoisotopic (exact) mass is 1320 g/mol. The number of cyclic esters (lactones) is 1. The summed E-state index contributed by atoms with van der Waals surface area (Å²) in [6.07, 6.45) is 9.02. The van der Waals surface area contributed by atoms with E-state index in [9.17, 15) is 48.9 Å². The van der Waals surface area contributed by atoms with Crippen molar-refractivity contribution in [1.82, 2.24) is 14.7 Å². The van der Waals surface area contributed by atoms with Crippen molar-refractivity contribution < 1.29 is 77.0 Å². The number of ether oxygens (including phenoxy) is 5. The largest absolute Gasteiger partial charge is 0.460 e. The van der Waals surface area contributed by atoms with E-state index < -0.39 is 116 Å². The number of esters is 1. The SMILES string of the molecule is CO[C@@H]1C[C@H](C[C@@H](C)[C@@H]2CC(=O)[C@H](C)/C=C(\C)[C@@H](O)[C@@H](OC)C(=O)[C@H](C)C[C@H](C)/C=C/C=C/C=C(\C)C(O[C@@H]3C[C@H]4C(=O)N(CCO[Si](c5ccccc5)(c5ccccc5)C(C)(C)C)C(=O)N4C3)C[C@@H]3CC[C@@H](C)[C@@](O)(O3)C(=O)C(=O)N3CCCC[C@H]3C(=O)O2)CC[C@H]1O. The van der Waals surface area contributed by atoms with E-state index in [-0.39, 0.29) is 92.4 Å². The highest BCUT2D eigenvalue weighted by molar-refractivity contribution is 6.99. The first-order valence-electron chi connectivity index (χ1n) is 34.3. The summed E-state index contributed by atoms with van der Waals surface area (Å²) in [7, 11) is -0.0463. The molecule has 2 aromatic carbocycles. The van der Waals surface area contributed by atoms with Crippen LogP contribution in [0.5, 0.6) is 0 Å². The lowest BCUT2D eigenvalue weighted by Crippen LogP contribution is -2.67. The van der Waals surface area contributed by atoms with E-state index in [1.807, 2.05) is 87.5 Å². The van der Waals surface area contributed by atoms with Gasteiger partial charge in [0.05, 0.1) is 43.7 Å². The molecule has 516 valence electrons. The fourth-order valence-electron chi connectivity index (χ4n) is 15.3. The number of Topliss-reactive ketones (excluding diaryl/α,β-unsaturated/α-hetero) is 3. The molecule has 5 fully saturated rings. The van der Waals surface area contributed by atoms with Crippen LogP contribution in [-0.4, -0.2) is 187 Å². The Kier molecular flexibility index (Phi) is 25.6. The summed E-state index contributed by atoms with van der Waals surface area (Å²) < 4.78 is 38.1. The van der Waals surface area contributed by atoms with Gasteiger partial charge in [-0.15, -0.1) is 0 Å². The molecule has 5 aliphatic heterocycles. The Bertz CT molecular complexity index is 3030. The van der Waals surface area contributed by atoms with E-state index in [0.29, 0.717) is 63.4 Å². The van der Waals surface area contributed by atoms with Gasteiger partial charge in [-0.2, -0.15) is 0 Å². The first-order valence-corrected chi connectivity index (χ1v) is 36.2. The Balaban J connectivity index is 1.04. The number of piperidine rings is 1. The first-order chi connectivity index (χ1) is 44.6. The Labute approximate surface area is 557 Å². The van der Waals surface area contributed by atoms with Gasteiger partial charge in [0, 0.05) is 64.3 Å². The maximum absolute atomic E-state index is 14.8. The van der Waals surface area contributed by atoms with Gasteiger partial charge in [0.2, 0.25) is 5.79 Å². The molecule has 4 saturated heterocycles. The number of fused-ring (bicyclic) bond motifs is 4. The summed E-state index contributed by atoms with van der Waals surface area (Å²) in [4.78, 5) is 105. The van der Waals surface area contributed by atoms with Gasteiger partial charge < -0.3 is 53.2 Å². The second-order valence-electron chi connectivity index (χ2n) is 28.8. The van der Waals surface area contributed by atoms with Crippen LogP contribution in [-0.2, 0) is 56.9 Å². The Morgan fingerprint density at radius 3 is 2.09 bits per heavy atom. The number of aliphatic hydroxyl groups is 3. The molecule has 2 bridgehead atoms. The molecule has 17 atom stereocenters. The fourth-order valence-corrected chi connectivity index (χ4v) is 19.8. The summed E-state index contributed by atoms with van der Waals surface area (Å²) in [5.41, 5.74) is 1.10. The molecular formula is C74H105N3O16Si. The third kappa shape index (κ3) is 16.9. The number of imide groups is 1. The number of allylic oxidation sites excluding steroid dienone is 6. The van der Waals surface area contributed by atoms with Crippen LogP contribution in [0.4, 0.5) is 4.79 Å². The summed E-state index contributed by atoms with van der Waals surface area (Å²) in [5.74, 6) is -9.15. The maximum atomic E-state index is 14.8. The van der Waals surface area contributed by atoms with E-state index >= 15 is 0 Å². The number of carbonyl (C=O) groups is 7. The molecular weight excluding hydrogens is 1210 g/mol. The number of ketones is 3. The van der Waals surface area contributed by atoms with Crippen LogP contribution >= 0.6 is 0 Å². The van der Waals surface area contributed by atoms with Crippen molar-refractivity contribution in [1.29, 1.82) is 0 Å². The summed E-state index contributed by atoms with van der Waals surface area (Å²) in [5, 5.41) is 36.6. The minimum atomic E-state index is -2.97. The zero-order chi connectivity index (χ0) is 68.4. The standard InChI is InChI=1S/C74H105N3O16Si/c1-46-24-16-13-17-25-47(2)62(91-55-42-59-69(83)76(72(86)77(59)45-55)36-37-90-94(73(8,9)10,56-26-18-14-19-27-56)57-28-20-15-21-29-57)43-54-33-31-52(7)74(87,93-54)68(82)70(84)75-35-23-22-30-58(75)71(85)92-63(49(4)40-53-32-34-60(78)64(41-53)88-11)44-61(79)48(3)39-51(6)66(81)67(89-12)65(80)50(5)38-46/h13-21,24-29,39,46,48-50,52-55,58-60,62-64,66-67,78,81,87H,22-23,30-38,40-45H2,1-12H3/b17-13+,24-16+,47-25+,51-39+/t46-,48-,49-,50-,52-,53+,54+,55-,58+,59+,60-,62?,63+,64-,66-,67+,74-/m1/s1. The second kappa shape index (κ2) is 32.5. The number of amides is 4. The average Bonchev–Trinajstić information content (AvgIpc) is 1.04. The first kappa shape index (κ1) is 74.0. The lowest BCUT2D eigenvalue weighted by molar-refractivity contribution is -0.266. The topological polar surface area (TPSA) is 245 Å². The van der Waals surface area contributed by atoms with Crippen molar-refractivity contribution in [3.8, 4) is 0 Å². The average molecular weight is 1320 g/mol. The number of hydrogen-bond donors (Lipinski definition) is 3. The van der Waals surface area contributed by atoms with E-state index in [2.05, 4.69) is 45.0 Å².